The van der Waals surface area contributed by atoms with Crippen LogP contribution in [0.25, 0.3) is 0 Å². The molecule has 1 aromatic rings. The summed E-state index contributed by atoms with van der Waals surface area (Å²) in [5, 5.41) is 0. The number of nitrogens with zero attached hydrogens (tertiary/aromatic N) is 2. The highest BCUT2D eigenvalue weighted by Gasteiger charge is 2.28. The molecule has 5 nitrogen and oxygen atoms in total. The Morgan fingerprint density at radius 1 is 1.15 bits per heavy atom. The van der Waals surface area contributed by atoms with Gasteiger partial charge in [-0.1, -0.05) is 43.7 Å². The summed E-state index contributed by atoms with van der Waals surface area (Å²) < 4.78 is 4.75. The Labute approximate surface area is 157 Å². The SMILES string of the molecule is CCCCC(=O)N(CCC(=O)OC)C1CCN(Cc2ccccc2)CC1. The lowest BCUT2D eigenvalue weighted by Gasteiger charge is -2.38. The molecule has 1 amide bonds. The van der Waals surface area contributed by atoms with Gasteiger partial charge in [0.1, 0.15) is 0 Å². The number of amides is 1. The fourth-order valence-corrected chi connectivity index (χ4v) is 3.53. The molecule has 144 valence electrons. The molecule has 5 heteroatoms. The van der Waals surface area contributed by atoms with Crippen LogP contribution < -0.4 is 0 Å². The van der Waals surface area contributed by atoms with Crippen molar-refractivity contribution >= 4 is 11.9 Å². The molecular formula is C21H32N2O3. The number of likely N-dealkylation sites (tertiary alicyclic amines) is 1. The number of hydrogen-bond donors (Lipinski definition) is 0. The molecule has 1 aliphatic rings. The van der Waals surface area contributed by atoms with E-state index in [1.165, 1.54) is 12.7 Å². The molecule has 0 spiro atoms. The van der Waals surface area contributed by atoms with Crippen molar-refractivity contribution in [3.05, 3.63) is 35.9 Å². The molecular weight excluding hydrogens is 328 g/mol. The average Bonchev–Trinajstić information content (AvgIpc) is 2.68. The molecule has 0 N–H and O–H groups in total. The Hall–Kier alpha value is -1.88. The zero-order chi connectivity index (χ0) is 18.8. The number of esters is 1. The van der Waals surface area contributed by atoms with Gasteiger partial charge in [-0.15, -0.1) is 0 Å². The fourth-order valence-electron chi connectivity index (χ4n) is 3.53. The molecule has 0 aromatic heterocycles. The fraction of sp³-hybridized carbons (Fsp3) is 0.619. The zero-order valence-corrected chi connectivity index (χ0v) is 16.2. The predicted molar refractivity (Wildman–Crippen MR) is 103 cm³/mol. The third-order valence-electron chi connectivity index (χ3n) is 5.10. The third-order valence-corrected chi connectivity index (χ3v) is 5.10. The number of piperidine rings is 1. The Balaban J connectivity index is 1.89. The van der Waals surface area contributed by atoms with Crippen LogP contribution in [0.1, 0.15) is 51.0 Å². The summed E-state index contributed by atoms with van der Waals surface area (Å²) in [4.78, 5) is 28.5. The molecule has 0 bridgehead atoms. The predicted octanol–water partition coefficient (Wildman–Crippen LogP) is 3.23. The molecule has 1 fully saturated rings. The molecule has 1 saturated heterocycles. The average molecular weight is 360 g/mol. The normalized spacial score (nSPS) is 15.6. The van der Waals surface area contributed by atoms with Gasteiger partial charge in [-0.25, -0.2) is 0 Å². The first-order chi connectivity index (χ1) is 12.6. The minimum absolute atomic E-state index is 0.178. The maximum absolute atomic E-state index is 12.6. The monoisotopic (exact) mass is 360 g/mol. The molecule has 0 aliphatic carbocycles. The summed E-state index contributed by atoms with van der Waals surface area (Å²) in [6.45, 7) is 5.48. The second-order valence-electron chi connectivity index (χ2n) is 7.01. The van der Waals surface area contributed by atoms with Gasteiger partial charge in [0.05, 0.1) is 13.5 Å². The van der Waals surface area contributed by atoms with Crippen molar-refractivity contribution in [3.8, 4) is 0 Å². The van der Waals surface area contributed by atoms with E-state index in [1.807, 2.05) is 11.0 Å². The van der Waals surface area contributed by atoms with E-state index in [0.717, 1.165) is 45.3 Å². The van der Waals surface area contributed by atoms with Gasteiger partial charge in [0.2, 0.25) is 5.91 Å². The van der Waals surface area contributed by atoms with Crippen LogP contribution in [-0.2, 0) is 20.9 Å². The number of carbonyl (C=O) groups excluding carboxylic acids is 2. The number of ether oxygens (including phenoxy) is 1. The Kier molecular flexibility index (Phi) is 8.62. The first kappa shape index (κ1) is 20.4. The molecule has 26 heavy (non-hydrogen) atoms. The van der Waals surface area contributed by atoms with Crippen molar-refractivity contribution in [3.63, 3.8) is 0 Å². The van der Waals surface area contributed by atoms with Crippen LogP contribution in [0.15, 0.2) is 30.3 Å². The summed E-state index contributed by atoms with van der Waals surface area (Å²) in [5.74, 6) is -0.0722. The van der Waals surface area contributed by atoms with E-state index in [0.29, 0.717) is 13.0 Å². The molecule has 1 heterocycles. The third kappa shape index (κ3) is 6.45. The van der Waals surface area contributed by atoms with E-state index >= 15 is 0 Å². The van der Waals surface area contributed by atoms with Crippen LogP contribution >= 0.6 is 0 Å². The lowest BCUT2D eigenvalue weighted by atomic mass is 10.0. The van der Waals surface area contributed by atoms with Gasteiger partial charge in [0.15, 0.2) is 0 Å². The van der Waals surface area contributed by atoms with E-state index in [-0.39, 0.29) is 24.3 Å². The van der Waals surface area contributed by atoms with Crippen LogP contribution in [-0.4, -0.2) is 54.5 Å². The number of methoxy groups -OCH3 is 1. The molecule has 1 aliphatic heterocycles. The Morgan fingerprint density at radius 3 is 2.46 bits per heavy atom. The first-order valence-corrected chi connectivity index (χ1v) is 9.76. The molecule has 2 rings (SSSR count). The number of carbonyl (C=O) groups is 2. The van der Waals surface area contributed by atoms with Gasteiger partial charge in [-0.2, -0.15) is 0 Å². The van der Waals surface area contributed by atoms with Crippen molar-refractivity contribution in [1.82, 2.24) is 9.80 Å². The summed E-state index contributed by atoms with van der Waals surface area (Å²) in [7, 11) is 1.40. The minimum atomic E-state index is -0.250. The van der Waals surface area contributed by atoms with Crippen LogP contribution in [0.2, 0.25) is 0 Å². The first-order valence-electron chi connectivity index (χ1n) is 9.76. The maximum Gasteiger partial charge on any atom is 0.307 e. The summed E-state index contributed by atoms with van der Waals surface area (Å²) in [6.07, 6.45) is 4.69. The number of hydrogen-bond acceptors (Lipinski definition) is 4. The Morgan fingerprint density at radius 2 is 1.85 bits per heavy atom. The van der Waals surface area contributed by atoms with Crippen molar-refractivity contribution < 1.29 is 14.3 Å². The second-order valence-corrected chi connectivity index (χ2v) is 7.01. The summed E-state index contributed by atoms with van der Waals surface area (Å²) in [5.41, 5.74) is 1.33. The van der Waals surface area contributed by atoms with E-state index < -0.39 is 0 Å². The van der Waals surface area contributed by atoms with E-state index in [1.54, 1.807) is 0 Å². The van der Waals surface area contributed by atoms with Crippen LogP contribution in [0.5, 0.6) is 0 Å². The highest BCUT2D eigenvalue weighted by molar-refractivity contribution is 5.77. The van der Waals surface area contributed by atoms with Crippen molar-refractivity contribution in [1.29, 1.82) is 0 Å². The van der Waals surface area contributed by atoms with Gasteiger partial charge in [-0.05, 0) is 24.8 Å². The minimum Gasteiger partial charge on any atom is -0.469 e. The highest BCUT2D eigenvalue weighted by Crippen LogP contribution is 2.20. The van der Waals surface area contributed by atoms with Crippen LogP contribution in [0, 0.1) is 0 Å². The quantitative estimate of drug-likeness (QED) is 0.635. The summed E-state index contributed by atoms with van der Waals surface area (Å²) >= 11 is 0. The van der Waals surface area contributed by atoms with Gasteiger partial charge >= 0.3 is 5.97 Å². The number of benzene rings is 1. The largest absolute Gasteiger partial charge is 0.469 e. The highest BCUT2D eigenvalue weighted by atomic mass is 16.5. The smallest absolute Gasteiger partial charge is 0.307 e. The van der Waals surface area contributed by atoms with E-state index in [2.05, 4.69) is 36.1 Å². The van der Waals surface area contributed by atoms with Crippen LogP contribution in [0.4, 0.5) is 0 Å². The lowest BCUT2D eigenvalue weighted by Crippen LogP contribution is -2.47. The second kappa shape index (κ2) is 11.0. The molecule has 0 saturated carbocycles. The van der Waals surface area contributed by atoms with Crippen molar-refractivity contribution in [2.45, 2.75) is 58.0 Å². The topological polar surface area (TPSA) is 49.9 Å². The standard InChI is InChI=1S/C21H32N2O3/c1-3-4-10-20(24)23(16-13-21(25)26-2)19-11-14-22(15-12-19)17-18-8-6-5-7-9-18/h5-9,19H,3-4,10-17H2,1-2H3. The maximum atomic E-state index is 12.6. The van der Waals surface area contributed by atoms with Gasteiger partial charge < -0.3 is 9.64 Å². The molecule has 0 atom stereocenters. The molecule has 0 radical (unpaired) electrons. The van der Waals surface area contributed by atoms with Gasteiger partial charge in [0.25, 0.3) is 0 Å². The van der Waals surface area contributed by atoms with E-state index in [9.17, 15) is 9.59 Å². The summed E-state index contributed by atoms with van der Waals surface area (Å²) in [6, 6.07) is 10.7. The lowest BCUT2D eigenvalue weighted by molar-refractivity contribution is -0.142. The van der Waals surface area contributed by atoms with Crippen LogP contribution in [0.3, 0.4) is 0 Å². The van der Waals surface area contributed by atoms with E-state index in [4.69, 9.17) is 4.74 Å². The molecule has 0 unspecified atom stereocenters. The number of rotatable bonds is 9. The number of unbranched alkanes of at least 4 members (excludes halogenated alkanes) is 1. The van der Waals surface area contributed by atoms with Gasteiger partial charge in [-0.3, -0.25) is 14.5 Å². The van der Waals surface area contributed by atoms with Gasteiger partial charge in [0, 0.05) is 38.6 Å². The van der Waals surface area contributed by atoms with Crippen molar-refractivity contribution in [2.75, 3.05) is 26.7 Å². The Bertz CT molecular complexity index is 554. The van der Waals surface area contributed by atoms with Crippen molar-refractivity contribution in [2.24, 2.45) is 0 Å². The zero-order valence-electron chi connectivity index (χ0n) is 16.2. The molecule has 1 aromatic carbocycles.